The van der Waals surface area contributed by atoms with Crippen LogP contribution in [-0.2, 0) is 4.74 Å². The van der Waals surface area contributed by atoms with Crippen LogP contribution in [0, 0.1) is 0 Å². The number of rotatable bonds is 0. The van der Waals surface area contributed by atoms with Crippen molar-refractivity contribution in [2.45, 2.75) is 25.7 Å². The Labute approximate surface area is 91.2 Å². The van der Waals surface area contributed by atoms with E-state index < -0.39 is 0 Å². The lowest BCUT2D eigenvalue weighted by atomic mass is 10.2. The van der Waals surface area contributed by atoms with Crippen LogP contribution in [0.1, 0.15) is 25.7 Å². The van der Waals surface area contributed by atoms with Crippen LogP contribution < -0.4 is 0 Å². The molecule has 0 aromatic carbocycles. The van der Waals surface area contributed by atoms with Gasteiger partial charge < -0.3 is 14.5 Å². The van der Waals surface area contributed by atoms with Crippen molar-refractivity contribution < 1.29 is 9.53 Å². The lowest BCUT2D eigenvalue weighted by molar-refractivity contribution is 0.0436. The Morgan fingerprint density at radius 2 is 1.33 bits per heavy atom. The number of carbonyl (C=O) groups excluding carboxylic acids is 1. The zero-order valence-electron chi connectivity index (χ0n) is 9.28. The molecule has 0 atom stereocenters. The Bertz CT molecular complexity index is 207. The van der Waals surface area contributed by atoms with E-state index in [4.69, 9.17) is 4.74 Å². The van der Waals surface area contributed by atoms with E-state index in [2.05, 4.69) is 0 Å². The van der Waals surface area contributed by atoms with Gasteiger partial charge in [-0.05, 0) is 12.8 Å². The van der Waals surface area contributed by atoms with E-state index in [-0.39, 0.29) is 6.03 Å². The standard InChI is InChI=1S/C11H20N2O2/c14-11(13-7-9-15-10-8-13)12-5-3-1-2-4-6-12/h1-10H2. The van der Waals surface area contributed by atoms with Crippen LogP contribution in [0.15, 0.2) is 0 Å². The van der Waals surface area contributed by atoms with Crippen LogP contribution in [0.2, 0.25) is 0 Å². The molecule has 0 spiro atoms. The molecule has 4 nitrogen and oxygen atoms in total. The molecule has 2 aliphatic rings. The third-order valence-electron chi connectivity index (χ3n) is 3.16. The quantitative estimate of drug-likeness (QED) is 0.606. The predicted molar refractivity (Wildman–Crippen MR) is 57.8 cm³/mol. The second-order valence-corrected chi connectivity index (χ2v) is 4.28. The van der Waals surface area contributed by atoms with Crippen LogP contribution in [0.25, 0.3) is 0 Å². The van der Waals surface area contributed by atoms with Gasteiger partial charge in [-0.15, -0.1) is 0 Å². The number of nitrogens with zero attached hydrogens (tertiary/aromatic N) is 2. The van der Waals surface area contributed by atoms with E-state index in [1.807, 2.05) is 9.80 Å². The molecule has 2 saturated heterocycles. The summed E-state index contributed by atoms with van der Waals surface area (Å²) in [6.45, 7) is 4.79. The summed E-state index contributed by atoms with van der Waals surface area (Å²) >= 11 is 0. The second kappa shape index (κ2) is 5.35. The Morgan fingerprint density at radius 3 is 1.93 bits per heavy atom. The first-order valence-corrected chi connectivity index (χ1v) is 5.99. The van der Waals surface area contributed by atoms with E-state index in [0.29, 0.717) is 13.2 Å². The summed E-state index contributed by atoms with van der Waals surface area (Å²) < 4.78 is 5.25. The molecule has 2 fully saturated rings. The van der Waals surface area contributed by atoms with Gasteiger partial charge in [0.1, 0.15) is 0 Å². The topological polar surface area (TPSA) is 32.8 Å². The molecule has 0 aromatic heterocycles. The molecule has 86 valence electrons. The molecule has 0 aliphatic carbocycles. The van der Waals surface area contributed by atoms with Crippen molar-refractivity contribution in [1.29, 1.82) is 0 Å². The smallest absolute Gasteiger partial charge is 0.320 e. The van der Waals surface area contributed by atoms with Crippen LogP contribution in [0.5, 0.6) is 0 Å². The Balaban J connectivity index is 1.87. The highest BCUT2D eigenvalue weighted by Crippen LogP contribution is 2.12. The highest BCUT2D eigenvalue weighted by Gasteiger charge is 2.22. The van der Waals surface area contributed by atoms with Crippen LogP contribution in [-0.4, -0.2) is 55.2 Å². The Kier molecular flexibility index (Phi) is 3.83. The zero-order chi connectivity index (χ0) is 10.5. The fourth-order valence-corrected chi connectivity index (χ4v) is 2.22. The molecule has 15 heavy (non-hydrogen) atoms. The van der Waals surface area contributed by atoms with Gasteiger partial charge in [-0.3, -0.25) is 0 Å². The van der Waals surface area contributed by atoms with Gasteiger partial charge in [0, 0.05) is 26.2 Å². The van der Waals surface area contributed by atoms with Crippen molar-refractivity contribution in [3.8, 4) is 0 Å². The predicted octanol–water partition coefficient (Wildman–Crippen LogP) is 1.31. The first kappa shape index (κ1) is 10.7. The number of hydrogen-bond donors (Lipinski definition) is 0. The monoisotopic (exact) mass is 212 g/mol. The van der Waals surface area contributed by atoms with Crippen LogP contribution >= 0.6 is 0 Å². The average molecular weight is 212 g/mol. The molecule has 0 radical (unpaired) electrons. The fourth-order valence-electron chi connectivity index (χ4n) is 2.22. The van der Waals surface area contributed by atoms with Crippen molar-refractivity contribution in [3.05, 3.63) is 0 Å². The molecule has 0 unspecified atom stereocenters. The highest BCUT2D eigenvalue weighted by atomic mass is 16.5. The first-order valence-electron chi connectivity index (χ1n) is 5.99. The number of hydrogen-bond acceptors (Lipinski definition) is 2. The minimum Gasteiger partial charge on any atom is -0.378 e. The minimum atomic E-state index is 0.222. The number of likely N-dealkylation sites (tertiary alicyclic amines) is 1. The maximum absolute atomic E-state index is 12.1. The molecule has 0 bridgehead atoms. The maximum atomic E-state index is 12.1. The summed E-state index contributed by atoms with van der Waals surface area (Å²) in [7, 11) is 0. The number of urea groups is 1. The maximum Gasteiger partial charge on any atom is 0.320 e. The lowest BCUT2D eigenvalue weighted by Crippen LogP contribution is -2.48. The lowest BCUT2D eigenvalue weighted by Gasteiger charge is -2.32. The van der Waals surface area contributed by atoms with Gasteiger partial charge >= 0.3 is 6.03 Å². The molecule has 0 aromatic rings. The van der Waals surface area contributed by atoms with Crippen molar-refractivity contribution >= 4 is 6.03 Å². The molecular formula is C11H20N2O2. The summed E-state index contributed by atoms with van der Waals surface area (Å²) in [5, 5.41) is 0. The summed E-state index contributed by atoms with van der Waals surface area (Å²) in [6, 6.07) is 0.222. The van der Waals surface area contributed by atoms with Crippen molar-refractivity contribution in [3.63, 3.8) is 0 Å². The normalized spacial score (nSPS) is 23.7. The Hall–Kier alpha value is -0.770. The molecule has 2 heterocycles. The van der Waals surface area contributed by atoms with Gasteiger partial charge in [0.15, 0.2) is 0 Å². The van der Waals surface area contributed by atoms with Crippen LogP contribution in [0.4, 0.5) is 4.79 Å². The third-order valence-corrected chi connectivity index (χ3v) is 3.16. The summed E-state index contributed by atoms with van der Waals surface area (Å²) in [5.74, 6) is 0. The van der Waals surface area contributed by atoms with Gasteiger partial charge in [0.25, 0.3) is 0 Å². The third kappa shape index (κ3) is 2.84. The van der Waals surface area contributed by atoms with E-state index in [1.165, 1.54) is 12.8 Å². The largest absolute Gasteiger partial charge is 0.378 e. The number of morpholine rings is 1. The highest BCUT2D eigenvalue weighted by molar-refractivity contribution is 5.74. The van der Waals surface area contributed by atoms with E-state index in [9.17, 15) is 4.79 Å². The average Bonchev–Trinajstić information content (AvgIpc) is 2.58. The van der Waals surface area contributed by atoms with E-state index in [0.717, 1.165) is 39.0 Å². The molecule has 0 saturated carbocycles. The molecule has 4 heteroatoms. The SMILES string of the molecule is O=C(N1CCCCCC1)N1CCOCC1. The van der Waals surface area contributed by atoms with Crippen molar-refractivity contribution in [2.24, 2.45) is 0 Å². The van der Waals surface area contributed by atoms with Crippen molar-refractivity contribution in [2.75, 3.05) is 39.4 Å². The molecule has 2 aliphatic heterocycles. The molecular weight excluding hydrogens is 192 g/mol. The van der Waals surface area contributed by atoms with Crippen LogP contribution in [0.3, 0.4) is 0 Å². The molecule has 2 rings (SSSR count). The zero-order valence-corrected chi connectivity index (χ0v) is 9.28. The van der Waals surface area contributed by atoms with Gasteiger partial charge in [-0.1, -0.05) is 12.8 Å². The van der Waals surface area contributed by atoms with E-state index in [1.54, 1.807) is 0 Å². The fraction of sp³-hybridized carbons (Fsp3) is 0.909. The van der Waals surface area contributed by atoms with Gasteiger partial charge in [0.2, 0.25) is 0 Å². The Morgan fingerprint density at radius 1 is 0.800 bits per heavy atom. The number of carbonyl (C=O) groups is 1. The number of ether oxygens (including phenoxy) is 1. The minimum absolute atomic E-state index is 0.222. The molecule has 2 amide bonds. The second-order valence-electron chi connectivity index (χ2n) is 4.28. The van der Waals surface area contributed by atoms with Gasteiger partial charge in [-0.25, -0.2) is 4.79 Å². The summed E-state index contributed by atoms with van der Waals surface area (Å²) in [6.07, 6.45) is 4.87. The van der Waals surface area contributed by atoms with E-state index >= 15 is 0 Å². The van der Waals surface area contributed by atoms with Crippen molar-refractivity contribution in [1.82, 2.24) is 9.80 Å². The van der Waals surface area contributed by atoms with Gasteiger partial charge in [-0.2, -0.15) is 0 Å². The number of amides is 2. The summed E-state index contributed by atoms with van der Waals surface area (Å²) in [5.41, 5.74) is 0. The molecule has 0 N–H and O–H groups in total. The van der Waals surface area contributed by atoms with Gasteiger partial charge in [0.05, 0.1) is 13.2 Å². The summed E-state index contributed by atoms with van der Waals surface area (Å²) in [4.78, 5) is 16.0. The first-order chi connectivity index (χ1) is 7.38.